The highest BCUT2D eigenvalue weighted by molar-refractivity contribution is 6.02. The molecule has 0 aliphatic heterocycles. The third kappa shape index (κ3) is 4.45. The van der Waals surface area contributed by atoms with Gasteiger partial charge in [0.2, 0.25) is 5.91 Å². The fourth-order valence-electron chi connectivity index (χ4n) is 3.06. The number of hydrogen-bond acceptors (Lipinski definition) is 5. The number of aromatic nitrogens is 2. The van der Waals surface area contributed by atoms with Crippen LogP contribution >= 0.6 is 0 Å². The highest BCUT2D eigenvalue weighted by atomic mass is 16.3. The van der Waals surface area contributed by atoms with Gasteiger partial charge in [-0.25, -0.2) is 4.68 Å². The summed E-state index contributed by atoms with van der Waals surface area (Å²) in [6.45, 7) is -0.0893. The van der Waals surface area contributed by atoms with Crippen molar-refractivity contribution in [2.75, 3.05) is 5.32 Å². The molecule has 0 aliphatic carbocycles. The summed E-state index contributed by atoms with van der Waals surface area (Å²) in [6, 6.07) is 16.5. The number of furan rings is 1. The Morgan fingerprint density at radius 3 is 2.39 bits per heavy atom. The Morgan fingerprint density at radius 2 is 1.68 bits per heavy atom. The molecule has 0 saturated heterocycles. The molecule has 0 fully saturated rings. The van der Waals surface area contributed by atoms with E-state index in [4.69, 9.17) is 4.42 Å². The van der Waals surface area contributed by atoms with Gasteiger partial charge in [0, 0.05) is 12.2 Å². The number of hydrogen-bond donors (Lipinski definition) is 3. The maximum atomic E-state index is 12.5. The van der Waals surface area contributed by atoms with E-state index in [1.54, 1.807) is 60.7 Å². The molecule has 31 heavy (non-hydrogen) atoms. The molecule has 0 saturated carbocycles. The van der Waals surface area contributed by atoms with Gasteiger partial charge in [-0.05, 0) is 42.0 Å². The molecule has 2 aromatic heterocycles. The number of aromatic amines is 1. The number of nitrogens with zero attached hydrogens (tertiary/aromatic N) is 1. The monoisotopic (exact) mass is 418 g/mol. The predicted molar refractivity (Wildman–Crippen MR) is 114 cm³/mol. The molecule has 0 bridgehead atoms. The van der Waals surface area contributed by atoms with E-state index >= 15 is 0 Å². The summed E-state index contributed by atoms with van der Waals surface area (Å²) in [4.78, 5) is 48.8. The molecular weight excluding hydrogens is 400 g/mol. The summed E-state index contributed by atoms with van der Waals surface area (Å²) in [6.07, 6.45) is 1.42. The van der Waals surface area contributed by atoms with Crippen LogP contribution in [0.5, 0.6) is 0 Å². The van der Waals surface area contributed by atoms with Crippen molar-refractivity contribution in [3.8, 4) is 0 Å². The molecule has 9 heteroatoms. The zero-order valence-electron chi connectivity index (χ0n) is 16.3. The number of fused-ring (bicyclic) bond motifs is 1. The summed E-state index contributed by atoms with van der Waals surface area (Å²) in [5, 5.41) is 8.37. The van der Waals surface area contributed by atoms with Crippen LogP contribution in [0.1, 0.15) is 16.1 Å². The third-order valence-corrected chi connectivity index (χ3v) is 4.63. The Kier molecular flexibility index (Phi) is 5.48. The highest BCUT2D eigenvalue weighted by Crippen LogP contribution is 2.12. The number of nitrogens with one attached hydrogen (secondary N) is 3. The second-order valence-electron chi connectivity index (χ2n) is 6.78. The Hall–Kier alpha value is -4.40. The first-order valence-electron chi connectivity index (χ1n) is 9.43. The zero-order chi connectivity index (χ0) is 21.8. The van der Waals surface area contributed by atoms with E-state index < -0.39 is 17.0 Å². The number of H-pyrrole nitrogens is 1. The van der Waals surface area contributed by atoms with Crippen molar-refractivity contribution in [3.63, 3.8) is 0 Å². The van der Waals surface area contributed by atoms with Crippen LogP contribution in [0, 0.1) is 0 Å². The lowest BCUT2D eigenvalue weighted by Crippen LogP contribution is -2.36. The Morgan fingerprint density at radius 1 is 0.935 bits per heavy atom. The number of carbonyl (C=O) groups excluding carboxylic acids is 2. The molecule has 156 valence electrons. The van der Waals surface area contributed by atoms with Crippen LogP contribution in [0.25, 0.3) is 10.8 Å². The highest BCUT2D eigenvalue weighted by Gasteiger charge is 2.11. The van der Waals surface area contributed by atoms with Crippen molar-refractivity contribution in [1.29, 1.82) is 0 Å². The average molecular weight is 418 g/mol. The number of amides is 2. The van der Waals surface area contributed by atoms with E-state index in [0.717, 1.165) is 10.2 Å². The molecule has 0 spiro atoms. The van der Waals surface area contributed by atoms with Crippen molar-refractivity contribution in [2.24, 2.45) is 0 Å². The molecule has 4 rings (SSSR count). The van der Waals surface area contributed by atoms with Gasteiger partial charge in [-0.1, -0.05) is 24.3 Å². The topological polar surface area (TPSA) is 126 Å². The normalized spacial score (nSPS) is 10.7. The van der Waals surface area contributed by atoms with Crippen LogP contribution in [-0.4, -0.2) is 21.6 Å². The van der Waals surface area contributed by atoms with E-state index in [2.05, 4.69) is 15.7 Å². The summed E-state index contributed by atoms with van der Waals surface area (Å²) < 4.78 is 6.03. The van der Waals surface area contributed by atoms with Gasteiger partial charge in [0.05, 0.1) is 17.0 Å². The fourth-order valence-corrected chi connectivity index (χ4v) is 3.06. The summed E-state index contributed by atoms with van der Waals surface area (Å²) in [5.41, 5.74) is 0.498. The van der Waals surface area contributed by atoms with Crippen molar-refractivity contribution < 1.29 is 14.0 Å². The van der Waals surface area contributed by atoms with Gasteiger partial charge in [0.1, 0.15) is 6.54 Å². The van der Waals surface area contributed by atoms with E-state index in [9.17, 15) is 19.2 Å². The van der Waals surface area contributed by atoms with Gasteiger partial charge in [-0.3, -0.25) is 24.3 Å². The van der Waals surface area contributed by atoms with Gasteiger partial charge in [0.25, 0.3) is 17.0 Å². The van der Waals surface area contributed by atoms with Crippen LogP contribution in [0.4, 0.5) is 5.69 Å². The molecule has 9 nitrogen and oxygen atoms in total. The molecule has 0 radical (unpaired) electrons. The molecular formula is C22H18N4O5. The molecule has 0 unspecified atom stereocenters. The standard InChI is InChI=1S/C22H18N4O5/c27-19(13-26-22(30)17-5-2-1-4-16(17)20(28)25-26)23-12-14-7-9-15(10-8-14)24-21(29)18-6-3-11-31-18/h1-11H,12-13H2,(H,23,27)(H,24,29)(H,25,28). The lowest BCUT2D eigenvalue weighted by Gasteiger charge is -2.09. The molecule has 4 aromatic rings. The molecule has 2 amide bonds. The zero-order valence-corrected chi connectivity index (χ0v) is 16.3. The second kappa shape index (κ2) is 8.54. The minimum absolute atomic E-state index is 0.207. The average Bonchev–Trinajstić information content (AvgIpc) is 3.32. The van der Waals surface area contributed by atoms with Crippen LogP contribution in [-0.2, 0) is 17.9 Å². The van der Waals surface area contributed by atoms with Gasteiger partial charge in [-0.2, -0.15) is 0 Å². The maximum Gasteiger partial charge on any atom is 0.291 e. The lowest BCUT2D eigenvalue weighted by atomic mass is 10.2. The van der Waals surface area contributed by atoms with Crippen LogP contribution < -0.4 is 21.8 Å². The number of anilines is 1. The summed E-state index contributed by atoms with van der Waals surface area (Å²) in [7, 11) is 0. The minimum atomic E-state index is -0.443. The van der Waals surface area contributed by atoms with Crippen LogP contribution in [0.15, 0.2) is 80.9 Å². The van der Waals surface area contributed by atoms with Gasteiger partial charge >= 0.3 is 0 Å². The largest absolute Gasteiger partial charge is 0.459 e. The van der Waals surface area contributed by atoms with Crippen molar-refractivity contribution >= 4 is 28.3 Å². The molecule has 0 aliphatic rings. The number of benzene rings is 2. The number of carbonyl (C=O) groups is 2. The minimum Gasteiger partial charge on any atom is -0.459 e. The lowest BCUT2D eigenvalue weighted by molar-refractivity contribution is -0.122. The predicted octanol–water partition coefficient (Wildman–Crippen LogP) is 1.85. The quantitative estimate of drug-likeness (QED) is 0.441. The van der Waals surface area contributed by atoms with Crippen LogP contribution in [0.3, 0.4) is 0 Å². The van der Waals surface area contributed by atoms with Crippen molar-refractivity contribution in [2.45, 2.75) is 13.1 Å². The Bertz CT molecular complexity index is 1350. The first-order chi connectivity index (χ1) is 15.0. The molecule has 0 atom stereocenters. The third-order valence-electron chi connectivity index (χ3n) is 4.63. The van der Waals surface area contributed by atoms with Gasteiger partial charge in [-0.15, -0.1) is 0 Å². The van der Waals surface area contributed by atoms with Gasteiger partial charge < -0.3 is 15.1 Å². The van der Waals surface area contributed by atoms with Crippen LogP contribution in [0.2, 0.25) is 0 Å². The first-order valence-corrected chi connectivity index (χ1v) is 9.43. The molecule has 2 heterocycles. The first kappa shape index (κ1) is 19.9. The summed E-state index contributed by atoms with van der Waals surface area (Å²) in [5.74, 6) is -0.581. The second-order valence-corrected chi connectivity index (χ2v) is 6.78. The maximum absolute atomic E-state index is 12.5. The van der Waals surface area contributed by atoms with Crippen molar-refractivity contribution in [1.82, 2.24) is 15.1 Å². The van der Waals surface area contributed by atoms with E-state index in [-0.39, 0.29) is 35.5 Å². The van der Waals surface area contributed by atoms with Crippen molar-refractivity contribution in [3.05, 3.63) is 99.0 Å². The Balaban J connectivity index is 1.36. The van der Waals surface area contributed by atoms with E-state index in [0.29, 0.717) is 5.69 Å². The fraction of sp³-hybridized carbons (Fsp3) is 0.0909. The smallest absolute Gasteiger partial charge is 0.291 e. The van der Waals surface area contributed by atoms with E-state index in [1.807, 2.05) is 0 Å². The Labute approximate surface area is 175 Å². The van der Waals surface area contributed by atoms with Gasteiger partial charge in [0.15, 0.2) is 5.76 Å². The summed E-state index contributed by atoms with van der Waals surface area (Å²) >= 11 is 0. The molecule has 2 aromatic carbocycles. The van der Waals surface area contributed by atoms with E-state index in [1.165, 1.54) is 6.26 Å². The number of rotatable bonds is 6. The molecule has 3 N–H and O–H groups in total. The SMILES string of the molecule is O=C(Cn1[nH]c(=O)c2ccccc2c1=O)NCc1ccc(NC(=O)c2ccco2)cc1.